The van der Waals surface area contributed by atoms with E-state index in [4.69, 9.17) is 9.47 Å². The van der Waals surface area contributed by atoms with Crippen molar-refractivity contribution in [3.05, 3.63) is 23.0 Å². The van der Waals surface area contributed by atoms with Crippen molar-refractivity contribution >= 4 is 17.1 Å². The van der Waals surface area contributed by atoms with Crippen LogP contribution in [0, 0.1) is 5.92 Å². The summed E-state index contributed by atoms with van der Waals surface area (Å²) in [6.07, 6.45) is 5.84. The molecule has 0 spiro atoms. The molecule has 3 heterocycles. The monoisotopic (exact) mass is 334 g/mol. The van der Waals surface area contributed by atoms with Crippen molar-refractivity contribution < 1.29 is 14.3 Å². The Labute approximate surface area is 139 Å². The van der Waals surface area contributed by atoms with Gasteiger partial charge in [0.15, 0.2) is 11.2 Å². The molecule has 0 saturated carbocycles. The first-order chi connectivity index (χ1) is 11.6. The standard InChI is InChI=1S/C16H22N4O4/c1-3-4-10(2)16(22)23-7-11-5-6-12(24-11)20-9-19-13-14(20)17-8-18-15(13)21/h8-12H,3-7H2,1-2H3,(H,17,18,21)/t10?,11-,12+/m0/s1. The zero-order valence-corrected chi connectivity index (χ0v) is 13.9. The summed E-state index contributed by atoms with van der Waals surface area (Å²) in [5, 5.41) is 0. The number of hydrogen-bond acceptors (Lipinski definition) is 6. The van der Waals surface area contributed by atoms with Gasteiger partial charge < -0.3 is 14.5 Å². The Bertz CT molecular complexity index is 769. The minimum atomic E-state index is -0.271. The van der Waals surface area contributed by atoms with Crippen LogP contribution in [0.25, 0.3) is 11.2 Å². The lowest BCUT2D eigenvalue weighted by Gasteiger charge is -2.16. The van der Waals surface area contributed by atoms with Crippen molar-refractivity contribution in [1.29, 1.82) is 0 Å². The number of ether oxygens (including phenoxy) is 2. The van der Waals surface area contributed by atoms with Crippen LogP contribution in [0.5, 0.6) is 0 Å². The van der Waals surface area contributed by atoms with E-state index < -0.39 is 0 Å². The molecular weight excluding hydrogens is 312 g/mol. The molecule has 1 fully saturated rings. The number of carbonyl (C=O) groups is 1. The fraction of sp³-hybridized carbons (Fsp3) is 0.625. The summed E-state index contributed by atoms with van der Waals surface area (Å²) in [6.45, 7) is 4.18. The predicted octanol–water partition coefficient (Wildman–Crippen LogP) is 1.78. The predicted molar refractivity (Wildman–Crippen MR) is 86.3 cm³/mol. The van der Waals surface area contributed by atoms with Crippen LogP contribution in [0.4, 0.5) is 0 Å². The van der Waals surface area contributed by atoms with Crippen molar-refractivity contribution in [2.45, 2.75) is 51.9 Å². The van der Waals surface area contributed by atoms with Gasteiger partial charge in [-0.2, -0.15) is 0 Å². The maximum Gasteiger partial charge on any atom is 0.308 e. The van der Waals surface area contributed by atoms with E-state index in [1.54, 1.807) is 10.9 Å². The molecule has 1 aliphatic rings. The number of H-pyrrole nitrogens is 1. The molecule has 1 aliphatic heterocycles. The summed E-state index contributed by atoms with van der Waals surface area (Å²) in [6, 6.07) is 0. The molecule has 0 bridgehead atoms. The Morgan fingerprint density at radius 3 is 3.12 bits per heavy atom. The fourth-order valence-corrected chi connectivity index (χ4v) is 2.96. The number of rotatable bonds is 6. The van der Waals surface area contributed by atoms with Crippen LogP contribution in [0.2, 0.25) is 0 Å². The molecule has 1 saturated heterocycles. The lowest BCUT2D eigenvalue weighted by molar-refractivity contribution is -0.152. The first-order valence-corrected chi connectivity index (χ1v) is 8.32. The van der Waals surface area contributed by atoms with E-state index in [-0.39, 0.29) is 36.4 Å². The maximum absolute atomic E-state index is 11.9. The summed E-state index contributed by atoms with van der Waals surface area (Å²) in [4.78, 5) is 34.3. The van der Waals surface area contributed by atoms with Crippen LogP contribution in [0.3, 0.4) is 0 Å². The zero-order chi connectivity index (χ0) is 17.1. The van der Waals surface area contributed by atoms with Crippen molar-refractivity contribution in [1.82, 2.24) is 19.5 Å². The Kier molecular flexibility index (Phi) is 4.94. The minimum Gasteiger partial charge on any atom is -0.463 e. The van der Waals surface area contributed by atoms with Crippen LogP contribution in [0.1, 0.15) is 45.8 Å². The summed E-state index contributed by atoms with van der Waals surface area (Å²) in [5.74, 6) is -0.258. The van der Waals surface area contributed by atoms with Gasteiger partial charge in [0.25, 0.3) is 5.56 Å². The normalized spacial score (nSPS) is 21.9. The van der Waals surface area contributed by atoms with Gasteiger partial charge in [-0.15, -0.1) is 0 Å². The maximum atomic E-state index is 11.9. The SMILES string of the molecule is CCCC(C)C(=O)OC[C@@H]1CC[C@H](n2cnc3c(=O)[nH]cnc32)O1. The highest BCUT2D eigenvalue weighted by Gasteiger charge is 2.29. The van der Waals surface area contributed by atoms with Crippen LogP contribution in [-0.2, 0) is 14.3 Å². The smallest absolute Gasteiger partial charge is 0.308 e. The van der Waals surface area contributed by atoms with Gasteiger partial charge in [0.1, 0.15) is 12.8 Å². The van der Waals surface area contributed by atoms with Crippen molar-refractivity contribution in [3.63, 3.8) is 0 Å². The van der Waals surface area contributed by atoms with E-state index in [2.05, 4.69) is 15.0 Å². The van der Waals surface area contributed by atoms with Gasteiger partial charge in [-0.3, -0.25) is 14.2 Å². The van der Waals surface area contributed by atoms with E-state index >= 15 is 0 Å². The number of esters is 1. The second kappa shape index (κ2) is 7.12. The molecular formula is C16H22N4O4. The minimum absolute atomic E-state index is 0.0827. The molecule has 0 aliphatic carbocycles. The molecule has 8 heteroatoms. The van der Waals surface area contributed by atoms with E-state index in [1.807, 2.05) is 13.8 Å². The second-order valence-electron chi connectivity index (χ2n) is 6.17. The Hall–Kier alpha value is -2.22. The zero-order valence-electron chi connectivity index (χ0n) is 13.9. The number of hydrogen-bond donors (Lipinski definition) is 1. The third kappa shape index (κ3) is 3.33. The Morgan fingerprint density at radius 2 is 2.33 bits per heavy atom. The van der Waals surface area contributed by atoms with Crippen LogP contribution < -0.4 is 5.56 Å². The summed E-state index contributed by atoms with van der Waals surface area (Å²) < 4.78 is 13.0. The molecule has 1 N–H and O–H groups in total. The first-order valence-electron chi connectivity index (χ1n) is 8.32. The van der Waals surface area contributed by atoms with Crippen LogP contribution in [-0.4, -0.2) is 38.2 Å². The summed E-state index contributed by atoms with van der Waals surface area (Å²) in [7, 11) is 0. The van der Waals surface area contributed by atoms with Gasteiger partial charge in [0.05, 0.1) is 24.7 Å². The van der Waals surface area contributed by atoms with Crippen molar-refractivity contribution in [2.75, 3.05) is 6.61 Å². The molecule has 2 aromatic heterocycles. The van der Waals surface area contributed by atoms with Gasteiger partial charge in [-0.25, -0.2) is 9.97 Å². The average molecular weight is 334 g/mol. The van der Waals surface area contributed by atoms with E-state index in [9.17, 15) is 9.59 Å². The van der Waals surface area contributed by atoms with Crippen molar-refractivity contribution in [2.24, 2.45) is 5.92 Å². The highest BCUT2D eigenvalue weighted by atomic mass is 16.6. The topological polar surface area (TPSA) is 99.1 Å². The molecule has 1 unspecified atom stereocenters. The molecule has 130 valence electrons. The van der Waals surface area contributed by atoms with Gasteiger partial charge in [0, 0.05) is 0 Å². The fourth-order valence-electron chi connectivity index (χ4n) is 2.96. The molecule has 8 nitrogen and oxygen atoms in total. The second-order valence-corrected chi connectivity index (χ2v) is 6.17. The average Bonchev–Trinajstić information content (AvgIpc) is 3.19. The van der Waals surface area contributed by atoms with E-state index in [1.165, 1.54) is 6.33 Å². The van der Waals surface area contributed by atoms with Gasteiger partial charge in [0.2, 0.25) is 0 Å². The van der Waals surface area contributed by atoms with Gasteiger partial charge >= 0.3 is 5.97 Å². The van der Waals surface area contributed by atoms with Gasteiger partial charge in [-0.1, -0.05) is 20.3 Å². The largest absolute Gasteiger partial charge is 0.463 e. The molecule has 3 atom stereocenters. The highest BCUT2D eigenvalue weighted by Crippen LogP contribution is 2.30. The number of aromatic nitrogens is 4. The first kappa shape index (κ1) is 16.6. The van der Waals surface area contributed by atoms with Crippen LogP contribution in [0.15, 0.2) is 17.4 Å². The van der Waals surface area contributed by atoms with E-state index in [0.717, 1.165) is 25.7 Å². The van der Waals surface area contributed by atoms with E-state index in [0.29, 0.717) is 11.2 Å². The van der Waals surface area contributed by atoms with Gasteiger partial charge in [-0.05, 0) is 19.3 Å². The highest BCUT2D eigenvalue weighted by molar-refractivity contribution is 5.72. The molecule has 0 aromatic carbocycles. The lowest BCUT2D eigenvalue weighted by Crippen LogP contribution is -2.22. The molecule has 2 aromatic rings. The number of nitrogens with zero attached hydrogens (tertiary/aromatic N) is 3. The number of imidazole rings is 1. The molecule has 0 amide bonds. The third-order valence-electron chi connectivity index (χ3n) is 4.30. The number of fused-ring (bicyclic) bond motifs is 1. The summed E-state index contributed by atoms with van der Waals surface area (Å²) in [5.41, 5.74) is 0.523. The quantitative estimate of drug-likeness (QED) is 0.808. The summed E-state index contributed by atoms with van der Waals surface area (Å²) >= 11 is 0. The Morgan fingerprint density at radius 1 is 1.50 bits per heavy atom. The molecule has 24 heavy (non-hydrogen) atoms. The molecule has 3 rings (SSSR count). The van der Waals surface area contributed by atoms with Crippen LogP contribution >= 0.6 is 0 Å². The Balaban J connectivity index is 1.60. The molecule has 0 radical (unpaired) electrons. The number of carbonyl (C=O) groups excluding carboxylic acids is 1. The third-order valence-corrected chi connectivity index (χ3v) is 4.30. The number of nitrogens with one attached hydrogen (secondary N) is 1. The lowest BCUT2D eigenvalue weighted by atomic mass is 10.1. The van der Waals surface area contributed by atoms with Crippen molar-refractivity contribution in [3.8, 4) is 0 Å². The number of aromatic amines is 1.